The van der Waals surface area contributed by atoms with Crippen molar-refractivity contribution in [1.29, 1.82) is 0 Å². The van der Waals surface area contributed by atoms with Gasteiger partial charge in [-0.3, -0.25) is 0 Å². The van der Waals surface area contributed by atoms with Gasteiger partial charge in [0.05, 0.1) is 6.10 Å². The van der Waals surface area contributed by atoms with Crippen molar-refractivity contribution in [2.45, 2.75) is 43.1 Å². The number of rotatable bonds is 3. The van der Waals surface area contributed by atoms with E-state index in [0.29, 0.717) is 6.10 Å². The topological polar surface area (TPSA) is 9.23 Å². The summed E-state index contributed by atoms with van der Waals surface area (Å²) in [5.74, 6) is 0.807. The van der Waals surface area contributed by atoms with Gasteiger partial charge in [0, 0.05) is 10.5 Å². The summed E-state index contributed by atoms with van der Waals surface area (Å²) in [5.41, 5.74) is 0. The molecule has 1 nitrogen and oxygen atoms in total. The fourth-order valence-corrected chi connectivity index (χ4v) is 3.07. The maximum absolute atomic E-state index is 5.61. The molecule has 1 fully saturated rings. The summed E-state index contributed by atoms with van der Waals surface area (Å²) in [6.07, 6.45) is 4.39. The van der Waals surface area contributed by atoms with Crippen molar-refractivity contribution in [1.82, 2.24) is 0 Å². The van der Waals surface area contributed by atoms with Gasteiger partial charge in [0.15, 0.2) is 0 Å². The van der Waals surface area contributed by atoms with E-state index in [1.165, 1.54) is 19.3 Å². The first-order chi connectivity index (χ1) is 5.20. The molecule has 1 saturated heterocycles. The maximum atomic E-state index is 5.61. The smallest absolute Gasteiger partial charge is 0.0693 e. The zero-order valence-electron chi connectivity index (χ0n) is 7.35. The minimum atomic E-state index is 0.554. The van der Waals surface area contributed by atoms with Crippen LogP contribution in [0.1, 0.15) is 33.1 Å². The largest absolute Gasteiger partial charge is 0.377 e. The van der Waals surface area contributed by atoms with Crippen LogP contribution in [-0.2, 0) is 4.74 Å². The molecular weight excluding hydrogens is 251 g/mol. The first-order valence-corrected chi connectivity index (χ1v) is 5.70. The quantitative estimate of drug-likeness (QED) is 0.564. The first kappa shape index (κ1) is 9.78. The molecule has 0 aromatic rings. The third-order valence-corrected chi connectivity index (χ3v) is 3.38. The van der Waals surface area contributed by atoms with E-state index < -0.39 is 0 Å². The van der Waals surface area contributed by atoms with Gasteiger partial charge in [0.1, 0.15) is 0 Å². The lowest BCUT2D eigenvalue weighted by atomic mass is 10.0. The monoisotopic (exact) mass is 268 g/mol. The van der Waals surface area contributed by atoms with Crippen molar-refractivity contribution in [2.24, 2.45) is 5.92 Å². The van der Waals surface area contributed by atoms with Gasteiger partial charge in [-0.15, -0.1) is 0 Å². The lowest BCUT2D eigenvalue weighted by Gasteiger charge is -2.18. The summed E-state index contributed by atoms with van der Waals surface area (Å²) in [6, 6.07) is 0. The van der Waals surface area contributed by atoms with Crippen molar-refractivity contribution in [3.05, 3.63) is 0 Å². The molecule has 0 spiro atoms. The Hall–Kier alpha value is 0.690. The fraction of sp³-hybridized carbons (Fsp3) is 1.00. The van der Waals surface area contributed by atoms with Crippen LogP contribution in [0.5, 0.6) is 0 Å². The summed E-state index contributed by atoms with van der Waals surface area (Å²) in [7, 11) is 0. The highest BCUT2D eigenvalue weighted by atomic mass is 127. The zero-order chi connectivity index (χ0) is 8.27. The summed E-state index contributed by atoms with van der Waals surface area (Å²) in [4.78, 5) is 0. The molecule has 0 saturated carbocycles. The molecule has 2 atom stereocenters. The van der Waals surface area contributed by atoms with Gasteiger partial charge in [-0.1, -0.05) is 36.4 Å². The molecule has 11 heavy (non-hydrogen) atoms. The number of hydrogen-bond acceptors (Lipinski definition) is 1. The number of hydrogen-bond donors (Lipinski definition) is 0. The minimum absolute atomic E-state index is 0.554. The van der Waals surface area contributed by atoms with Crippen LogP contribution in [0, 0.1) is 5.92 Å². The van der Waals surface area contributed by atoms with Crippen LogP contribution in [0.2, 0.25) is 0 Å². The summed E-state index contributed by atoms with van der Waals surface area (Å²) >= 11 is 2.53. The third-order valence-electron chi connectivity index (χ3n) is 2.06. The Morgan fingerprint density at radius 3 is 2.73 bits per heavy atom. The van der Waals surface area contributed by atoms with Crippen molar-refractivity contribution < 1.29 is 4.74 Å². The number of ether oxygens (including phenoxy) is 1. The predicted molar refractivity (Wildman–Crippen MR) is 56.2 cm³/mol. The van der Waals surface area contributed by atoms with Crippen LogP contribution in [0.4, 0.5) is 0 Å². The summed E-state index contributed by atoms with van der Waals surface area (Å²) in [5, 5.41) is 0. The molecule has 0 unspecified atom stereocenters. The van der Waals surface area contributed by atoms with E-state index in [-0.39, 0.29) is 0 Å². The molecule has 0 aromatic carbocycles. The molecule has 1 rings (SSSR count). The highest BCUT2D eigenvalue weighted by Crippen LogP contribution is 2.25. The molecule has 2 heteroatoms. The molecule has 1 aliphatic rings. The lowest BCUT2D eigenvalue weighted by molar-refractivity contribution is 0.108. The van der Waals surface area contributed by atoms with Gasteiger partial charge in [-0.2, -0.15) is 0 Å². The molecule has 0 amide bonds. The highest BCUT2D eigenvalue weighted by molar-refractivity contribution is 14.1. The number of alkyl halides is 1. The van der Waals surface area contributed by atoms with Crippen LogP contribution >= 0.6 is 22.6 Å². The van der Waals surface area contributed by atoms with E-state index in [9.17, 15) is 0 Å². The molecule has 0 bridgehead atoms. The predicted octanol–water partition coefficient (Wildman–Crippen LogP) is 3.02. The van der Waals surface area contributed by atoms with Crippen LogP contribution in [-0.4, -0.2) is 16.6 Å². The van der Waals surface area contributed by atoms with Gasteiger partial charge < -0.3 is 4.74 Å². The fourth-order valence-electron chi connectivity index (χ4n) is 1.49. The van der Waals surface area contributed by atoms with Crippen LogP contribution in [0.3, 0.4) is 0 Å². The Morgan fingerprint density at radius 2 is 2.27 bits per heavy atom. The second kappa shape index (κ2) is 4.65. The Morgan fingerprint density at radius 1 is 1.55 bits per heavy atom. The maximum Gasteiger partial charge on any atom is 0.0693 e. The Labute approximate surface area is 83.0 Å². The van der Waals surface area contributed by atoms with Gasteiger partial charge in [-0.25, -0.2) is 0 Å². The van der Waals surface area contributed by atoms with Gasteiger partial charge >= 0.3 is 0 Å². The van der Waals surface area contributed by atoms with E-state index in [1.807, 2.05) is 0 Å². The molecule has 0 N–H and O–H groups in total. The van der Waals surface area contributed by atoms with E-state index in [4.69, 9.17) is 4.74 Å². The highest BCUT2D eigenvalue weighted by Gasteiger charge is 2.23. The third kappa shape index (κ3) is 3.28. The normalized spacial score (nSPS) is 27.8. The van der Waals surface area contributed by atoms with Crippen molar-refractivity contribution in [2.75, 3.05) is 6.61 Å². The zero-order valence-corrected chi connectivity index (χ0v) is 9.50. The van der Waals surface area contributed by atoms with E-state index >= 15 is 0 Å². The van der Waals surface area contributed by atoms with Crippen molar-refractivity contribution in [3.63, 3.8) is 0 Å². The van der Waals surface area contributed by atoms with E-state index in [1.54, 1.807) is 0 Å². The molecular formula is C9H17IO. The van der Waals surface area contributed by atoms with Crippen molar-refractivity contribution >= 4 is 22.6 Å². The number of halogens is 1. The second-order valence-electron chi connectivity index (χ2n) is 3.70. The molecule has 0 aliphatic carbocycles. The van der Waals surface area contributed by atoms with Crippen LogP contribution < -0.4 is 0 Å². The Balaban J connectivity index is 2.22. The Kier molecular flexibility index (Phi) is 4.13. The molecule has 1 aliphatic heterocycles. The van der Waals surface area contributed by atoms with Gasteiger partial charge in [0.25, 0.3) is 0 Å². The van der Waals surface area contributed by atoms with Crippen LogP contribution in [0.15, 0.2) is 0 Å². The lowest BCUT2D eigenvalue weighted by Crippen LogP contribution is -2.20. The standard InChI is InChI=1S/C9H17IO/c1-7(2)6-8(10)9-4-3-5-11-9/h7-9H,3-6H2,1-2H3/t8-,9-/m1/s1. The molecule has 0 radical (unpaired) electrons. The van der Waals surface area contributed by atoms with Gasteiger partial charge in [-0.05, 0) is 25.2 Å². The first-order valence-electron chi connectivity index (χ1n) is 4.46. The average molecular weight is 268 g/mol. The average Bonchev–Trinajstić information content (AvgIpc) is 2.35. The van der Waals surface area contributed by atoms with E-state index in [0.717, 1.165) is 16.4 Å². The summed E-state index contributed by atoms with van der Waals surface area (Å²) < 4.78 is 6.34. The summed E-state index contributed by atoms with van der Waals surface area (Å²) in [6.45, 7) is 5.55. The van der Waals surface area contributed by atoms with Crippen LogP contribution in [0.25, 0.3) is 0 Å². The van der Waals surface area contributed by atoms with Crippen molar-refractivity contribution in [3.8, 4) is 0 Å². The van der Waals surface area contributed by atoms with Gasteiger partial charge in [0.2, 0.25) is 0 Å². The van der Waals surface area contributed by atoms with E-state index in [2.05, 4.69) is 36.4 Å². The second-order valence-corrected chi connectivity index (χ2v) is 5.30. The molecule has 66 valence electrons. The minimum Gasteiger partial charge on any atom is -0.377 e. The molecule has 1 heterocycles. The Bertz CT molecular complexity index is 108. The SMILES string of the molecule is CC(C)C[C@@H](I)[C@H]1CCCO1. The molecule has 0 aromatic heterocycles.